The van der Waals surface area contributed by atoms with Crippen molar-refractivity contribution in [1.29, 1.82) is 0 Å². The fourth-order valence-corrected chi connectivity index (χ4v) is 5.13. The summed E-state index contributed by atoms with van der Waals surface area (Å²) in [5.41, 5.74) is 1.37. The largest absolute Gasteiger partial charge is 0.444 e. The maximum Gasteiger partial charge on any atom is 0.410 e. The number of carbonyl (C=O) groups excluding carboxylic acids is 1. The Morgan fingerprint density at radius 2 is 1.91 bits per heavy atom. The van der Waals surface area contributed by atoms with Crippen LogP contribution in [0.25, 0.3) is 0 Å². The van der Waals surface area contributed by atoms with Gasteiger partial charge < -0.3 is 9.64 Å². The molecule has 3 nitrogen and oxygen atoms in total. The standard InChI is InChI=1S/C19H24BrNO2/c1-18(2,3)23-17(22)21-10-15-16(11-21)19(15,12-7-8-12)13-5-4-6-14(20)9-13/h4-6,9,12,15-16H,7-8,10-11H2,1-3H3. The van der Waals surface area contributed by atoms with Crippen molar-refractivity contribution in [3.8, 4) is 0 Å². The molecule has 0 N–H and O–H groups in total. The number of rotatable bonds is 2. The minimum absolute atomic E-state index is 0.149. The van der Waals surface area contributed by atoms with Crippen LogP contribution in [0.1, 0.15) is 39.2 Å². The maximum absolute atomic E-state index is 12.3. The minimum atomic E-state index is -0.415. The molecule has 2 aliphatic carbocycles. The van der Waals surface area contributed by atoms with E-state index >= 15 is 0 Å². The van der Waals surface area contributed by atoms with E-state index in [1.165, 1.54) is 18.4 Å². The average Bonchev–Trinajstić information content (AvgIpc) is 3.33. The Balaban J connectivity index is 1.52. The number of amides is 1. The molecule has 4 heteroatoms. The third-order valence-electron chi connectivity index (χ3n) is 5.67. The highest BCUT2D eigenvalue weighted by atomic mass is 79.9. The fourth-order valence-electron chi connectivity index (χ4n) is 4.73. The van der Waals surface area contributed by atoms with Crippen molar-refractivity contribution < 1.29 is 9.53 Å². The summed E-state index contributed by atoms with van der Waals surface area (Å²) < 4.78 is 6.70. The quantitative estimate of drug-likeness (QED) is 0.753. The molecule has 2 unspecified atom stereocenters. The third-order valence-corrected chi connectivity index (χ3v) is 6.16. The van der Waals surface area contributed by atoms with E-state index in [9.17, 15) is 4.79 Å². The second-order valence-corrected chi connectivity index (χ2v) is 9.23. The van der Waals surface area contributed by atoms with E-state index in [-0.39, 0.29) is 6.09 Å². The summed E-state index contributed by atoms with van der Waals surface area (Å²) >= 11 is 3.62. The number of ether oxygens (including phenoxy) is 1. The minimum Gasteiger partial charge on any atom is -0.444 e. The number of carbonyl (C=O) groups is 1. The molecule has 124 valence electrons. The van der Waals surface area contributed by atoms with Gasteiger partial charge in [-0.1, -0.05) is 28.1 Å². The van der Waals surface area contributed by atoms with Gasteiger partial charge in [0.05, 0.1) is 0 Å². The highest BCUT2D eigenvalue weighted by Crippen LogP contribution is 2.72. The molecule has 0 spiro atoms. The van der Waals surface area contributed by atoms with E-state index in [4.69, 9.17) is 4.74 Å². The molecule has 0 aromatic heterocycles. The number of hydrogen-bond donors (Lipinski definition) is 0. The summed E-state index contributed by atoms with van der Waals surface area (Å²) in [5, 5.41) is 0. The van der Waals surface area contributed by atoms with Crippen LogP contribution < -0.4 is 0 Å². The lowest BCUT2D eigenvalue weighted by Crippen LogP contribution is -2.39. The molecule has 1 aromatic rings. The van der Waals surface area contributed by atoms with Crippen molar-refractivity contribution in [3.63, 3.8) is 0 Å². The predicted octanol–water partition coefficient (Wildman–Crippen LogP) is 4.59. The Kier molecular flexibility index (Phi) is 3.36. The Bertz CT molecular complexity index is 635. The molecule has 1 amide bonds. The maximum atomic E-state index is 12.3. The van der Waals surface area contributed by atoms with Crippen LogP contribution in [-0.2, 0) is 10.2 Å². The summed E-state index contributed by atoms with van der Waals surface area (Å²) in [7, 11) is 0. The number of fused-ring (bicyclic) bond motifs is 1. The molecule has 1 aliphatic heterocycles. The summed E-state index contributed by atoms with van der Waals surface area (Å²) in [6.45, 7) is 7.48. The zero-order valence-corrected chi connectivity index (χ0v) is 15.6. The van der Waals surface area contributed by atoms with E-state index in [1.807, 2.05) is 25.7 Å². The molecular weight excluding hydrogens is 354 g/mol. The molecule has 1 saturated heterocycles. The number of piperidine rings is 1. The normalized spacial score (nSPS) is 32.6. The van der Waals surface area contributed by atoms with E-state index in [0.29, 0.717) is 17.3 Å². The van der Waals surface area contributed by atoms with Crippen molar-refractivity contribution in [2.24, 2.45) is 17.8 Å². The topological polar surface area (TPSA) is 29.5 Å². The molecule has 2 saturated carbocycles. The SMILES string of the molecule is CC(C)(C)OC(=O)N1CC2C(C1)C2(c1cccc(Br)c1)C1CC1. The van der Waals surface area contributed by atoms with Gasteiger partial charge in [0.1, 0.15) is 5.60 Å². The zero-order valence-electron chi connectivity index (χ0n) is 14.0. The second-order valence-electron chi connectivity index (χ2n) is 8.32. The smallest absolute Gasteiger partial charge is 0.410 e. The molecule has 1 aromatic carbocycles. The van der Waals surface area contributed by atoms with Crippen molar-refractivity contribution in [2.75, 3.05) is 13.1 Å². The van der Waals surface area contributed by atoms with Crippen molar-refractivity contribution in [1.82, 2.24) is 4.90 Å². The Morgan fingerprint density at radius 3 is 2.43 bits per heavy atom. The number of hydrogen-bond acceptors (Lipinski definition) is 2. The fraction of sp³-hybridized carbons (Fsp3) is 0.632. The molecule has 2 atom stereocenters. The lowest BCUT2D eigenvalue weighted by molar-refractivity contribution is 0.0258. The molecule has 1 heterocycles. The molecule has 3 fully saturated rings. The number of halogens is 1. The average molecular weight is 378 g/mol. The summed E-state index contributed by atoms with van der Waals surface area (Å²) in [6.07, 6.45) is 2.53. The summed E-state index contributed by atoms with van der Waals surface area (Å²) in [6, 6.07) is 8.80. The second kappa shape index (κ2) is 4.98. The van der Waals surface area contributed by atoms with E-state index < -0.39 is 5.60 Å². The lowest BCUT2D eigenvalue weighted by Gasteiger charge is -2.29. The molecule has 0 radical (unpaired) electrons. The Labute approximate surface area is 146 Å². The van der Waals surface area contributed by atoms with Crippen LogP contribution in [0.15, 0.2) is 28.7 Å². The van der Waals surface area contributed by atoms with Crippen molar-refractivity contribution in [2.45, 2.75) is 44.6 Å². The molecule has 3 aliphatic rings. The van der Waals surface area contributed by atoms with E-state index in [0.717, 1.165) is 23.5 Å². The number of nitrogens with zero attached hydrogens (tertiary/aromatic N) is 1. The van der Waals surface area contributed by atoms with Crippen LogP contribution in [0.4, 0.5) is 4.79 Å². The van der Waals surface area contributed by atoms with E-state index in [2.05, 4.69) is 40.2 Å². The lowest BCUT2D eigenvalue weighted by atomic mass is 9.85. The highest BCUT2D eigenvalue weighted by Gasteiger charge is 2.74. The van der Waals surface area contributed by atoms with Gasteiger partial charge in [-0.2, -0.15) is 0 Å². The van der Waals surface area contributed by atoms with Gasteiger partial charge in [0, 0.05) is 23.0 Å². The van der Waals surface area contributed by atoms with Gasteiger partial charge in [-0.15, -0.1) is 0 Å². The first-order valence-corrected chi connectivity index (χ1v) is 9.35. The molecule has 0 bridgehead atoms. The van der Waals surface area contributed by atoms with Crippen LogP contribution in [0.2, 0.25) is 0 Å². The van der Waals surface area contributed by atoms with Crippen LogP contribution in [-0.4, -0.2) is 29.7 Å². The van der Waals surface area contributed by atoms with Crippen molar-refractivity contribution >= 4 is 22.0 Å². The zero-order chi connectivity index (χ0) is 16.4. The van der Waals surface area contributed by atoms with Gasteiger partial charge in [0.25, 0.3) is 0 Å². The van der Waals surface area contributed by atoms with E-state index in [1.54, 1.807) is 0 Å². The first kappa shape index (κ1) is 15.5. The summed E-state index contributed by atoms with van der Waals surface area (Å²) in [5.74, 6) is 2.03. The predicted molar refractivity (Wildman–Crippen MR) is 93.3 cm³/mol. The summed E-state index contributed by atoms with van der Waals surface area (Å²) in [4.78, 5) is 14.2. The van der Waals surface area contributed by atoms with Gasteiger partial charge in [0.15, 0.2) is 0 Å². The first-order chi connectivity index (χ1) is 10.8. The van der Waals surface area contributed by atoms with Gasteiger partial charge >= 0.3 is 6.09 Å². The molecule has 4 rings (SSSR count). The highest BCUT2D eigenvalue weighted by molar-refractivity contribution is 9.10. The van der Waals surface area contributed by atoms with Crippen molar-refractivity contribution in [3.05, 3.63) is 34.3 Å². The number of benzene rings is 1. The van der Waals surface area contributed by atoms with Crippen LogP contribution in [0.5, 0.6) is 0 Å². The Hall–Kier alpha value is -1.03. The Morgan fingerprint density at radius 1 is 1.26 bits per heavy atom. The van der Waals surface area contributed by atoms with Crippen LogP contribution in [0.3, 0.4) is 0 Å². The first-order valence-electron chi connectivity index (χ1n) is 8.56. The van der Waals surface area contributed by atoms with Gasteiger partial charge in [-0.05, 0) is 69.1 Å². The third kappa shape index (κ3) is 2.50. The van der Waals surface area contributed by atoms with Gasteiger partial charge in [-0.25, -0.2) is 4.79 Å². The number of likely N-dealkylation sites (tertiary alicyclic amines) is 1. The molecule has 23 heavy (non-hydrogen) atoms. The molecular formula is C19H24BrNO2. The monoisotopic (exact) mass is 377 g/mol. The van der Waals surface area contributed by atoms with Gasteiger partial charge in [0.2, 0.25) is 0 Å². The van der Waals surface area contributed by atoms with Crippen LogP contribution in [0, 0.1) is 17.8 Å². The van der Waals surface area contributed by atoms with Crippen LogP contribution >= 0.6 is 15.9 Å². The van der Waals surface area contributed by atoms with Gasteiger partial charge in [-0.3, -0.25) is 0 Å².